The van der Waals surface area contributed by atoms with Crippen molar-refractivity contribution in [3.63, 3.8) is 0 Å². The fraction of sp³-hybridized carbons (Fsp3) is 0.0476. The van der Waals surface area contributed by atoms with Crippen LogP contribution in [0.1, 0.15) is 15.9 Å². The van der Waals surface area contributed by atoms with Gasteiger partial charge in [0.1, 0.15) is 12.4 Å². The van der Waals surface area contributed by atoms with Gasteiger partial charge < -0.3 is 10.1 Å². The van der Waals surface area contributed by atoms with Crippen molar-refractivity contribution >= 4 is 40.5 Å². The summed E-state index contributed by atoms with van der Waals surface area (Å²) >= 11 is 11.0. The molecular formula is C21H17ClN2O2S. The number of hydrogen-bond acceptors (Lipinski definition) is 3. The first kappa shape index (κ1) is 18.9. The Kier molecular flexibility index (Phi) is 6.41. The van der Waals surface area contributed by atoms with Crippen molar-refractivity contribution in [2.75, 3.05) is 5.32 Å². The number of hydrogen-bond donors (Lipinski definition) is 2. The average molecular weight is 397 g/mol. The van der Waals surface area contributed by atoms with Crippen molar-refractivity contribution in [3.05, 3.63) is 95.0 Å². The van der Waals surface area contributed by atoms with Gasteiger partial charge >= 0.3 is 0 Å². The molecule has 0 bridgehead atoms. The van der Waals surface area contributed by atoms with E-state index >= 15 is 0 Å². The molecule has 0 fully saturated rings. The topological polar surface area (TPSA) is 50.4 Å². The lowest BCUT2D eigenvalue weighted by Gasteiger charge is -2.11. The van der Waals surface area contributed by atoms with E-state index in [0.29, 0.717) is 22.9 Å². The normalized spacial score (nSPS) is 10.1. The number of carbonyl (C=O) groups is 1. The maximum absolute atomic E-state index is 12.4. The highest BCUT2D eigenvalue weighted by molar-refractivity contribution is 7.80. The molecule has 0 atom stereocenters. The van der Waals surface area contributed by atoms with Crippen LogP contribution in [-0.4, -0.2) is 11.0 Å². The molecule has 0 spiro atoms. The van der Waals surface area contributed by atoms with Crippen LogP contribution in [0.4, 0.5) is 5.69 Å². The highest BCUT2D eigenvalue weighted by Gasteiger charge is 2.09. The van der Waals surface area contributed by atoms with Crippen molar-refractivity contribution in [1.29, 1.82) is 0 Å². The minimum atomic E-state index is -0.313. The second-order valence-electron chi connectivity index (χ2n) is 5.72. The van der Waals surface area contributed by atoms with E-state index < -0.39 is 0 Å². The number of rotatable bonds is 5. The molecule has 6 heteroatoms. The van der Waals surface area contributed by atoms with Gasteiger partial charge in [0.2, 0.25) is 0 Å². The largest absolute Gasteiger partial charge is 0.489 e. The Bertz CT molecular complexity index is 930. The molecule has 0 saturated heterocycles. The van der Waals surface area contributed by atoms with E-state index in [9.17, 15) is 4.79 Å². The van der Waals surface area contributed by atoms with Crippen molar-refractivity contribution < 1.29 is 9.53 Å². The van der Waals surface area contributed by atoms with Crippen LogP contribution < -0.4 is 15.4 Å². The Labute approximate surface area is 168 Å². The monoisotopic (exact) mass is 396 g/mol. The molecule has 3 aromatic carbocycles. The van der Waals surface area contributed by atoms with Gasteiger partial charge in [-0.2, -0.15) is 0 Å². The maximum atomic E-state index is 12.4. The van der Waals surface area contributed by atoms with Crippen LogP contribution in [0.15, 0.2) is 78.9 Å². The highest BCUT2D eigenvalue weighted by Crippen LogP contribution is 2.16. The van der Waals surface area contributed by atoms with Gasteiger partial charge in [0.05, 0.1) is 0 Å². The van der Waals surface area contributed by atoms with E-state index in [1.54, 1.807) is 42.5 Å². The minimum absolute atomic E-state index is 0.206. The standard InChI is InChI=1S/C21H17ClN2O2S/c22-17-9-11-18(12-10-17)23-21(27)24-20(25)16-7-4-8-19(13-16)26-14-15-5-2-1-3-6-15/h1-13H,14H2,(H2,23,24,25,27). The minimum Gasteiger partial charge on any atom is -0.489 e. The second kappa shape index (κ2) is 9.16. The fourth-order valence-corrected chi connectivity index (χ4v) is 2.68. The number of halogens is 1. The van der Waals surface area contributed by atoms with Gasteiger partial charge in [-0.1, -0.05) is 48.0 Å². The van der Waals surface area contributed by atoms with Gasteiger partial charge in [0.15, 0.2) is 5.11 Å². The number of carbonyl (C=O) groups excluding carboxylic acids is 1. The van der Waals surface area contributed by atoms with Gasteiger partial charge in [0.25, 0.3) is 5.91 Å². The summed E-state index contributed by atoms with van der Waals surface area (Å²) in [5.41, 5.74) is 2.26. The molecule has 2 N–H and O–H groups in total. The Morgan fingerprint density at radius 3 is 2.44 bits per heavy atom. The number of thiocarbonyl (C=S) groups is 1. The van der Waals surface area contributed by atoms with Gasteiger partial charge in [0, 0.05) is 16.3 Å². The SMILES string of the molecule is O=C(NC(=S)Nc1ccc(Cl)cc1)c1cccc(OCc2ccccc2)c1. The summed E-state index contributed by atoms with van der Waals surface area (Å²) in [5, 5.41) is 6.43. The number of amides is 1. The fourth-order valence-electron chi connectivity index (χ4n) is 2.34. The van der Waals surface area contributed by atoms with Crippen molar-refractivity contribution in [2.45, 2.75) is 6.61 Å². The molecule has 0 heterocycles. The summed E-state index contributed by atoms with van der Waals surface area (Å²) in [4.78, 5) is 12.4. The lowest BCUT2D eigenvalue weighted by Crippen LogP contribution is -2.34. The molecule has 0 aliphatic rings. The number of ether oxygens (including phenoxy) is 1. The molecule has 0 aliphatic carbocycles. The van der Waals surface area contributed by atoms with Gasteiger partial charge in [-0.15, -0.1) is 0 Å². The molecule has 0 aliphatic heterocycles. The third-order valence-corrected chi connectivity index (χ3v) is 4.13. The smallest absolute Gasteiger partial charge is 0.257 e. The third-order valence-electron chi connectivity index (χ3n) is 3.67. The molecule has 3 rings (SSSR count). The van der Waals surface area contributed by atoms with E-state index in [4.69, 9.17) is 28.6 Å². The molecule has 1 amide bonds. The molecular weight excluding hydrogens is 380 g/mol. The van der Waals surface area contributed by atoms with E-state index in [0.717, 1.165) is 11.3 Å². The van der Waals surface area contributed by atoms with Crippen LogP contribution >= 0.6 is 23.8 Å². The van der Waals surface area contributed by atoms with Crippen LogP contribution in [0, 0.1) is 0 Å². The molecule has 0 aromatic heterocycles. The quantitative estimate of drug-likeness (QED) is 0.593. The zero-order valence-corrected chi connectivity index (χ0v) is 15.9. The van der Waals surface area contributed by atoms with Crippen molar-refractivity contribution in [3.8, 4) is 5.75 Å². The Morgan fingerprint density at radius 1 is 0.963 bits per heavy atom. The zero-order valence-electron chi connectivity index (χ0n) is 14.3. The predicted octanol–water partition coefficient (Wildman–Crippen LogP) is 5.05. The molecule has 0 saturated carbocycles. The van der Waals surface area contributed by atoms with Crippen LogP contribution in [0.5, 0.6) is 5.75 Å². The summed E-state index contributed by atoms with van der Waals surface area (Å²) in [5.74, 6) is 0.301. The summed E-state index contributed by atoms with van der Waals surface area (Å²) in [6.45, 7) is 0.433. The van der Waals surface area contributed by atoms with Crippen LogP contribution in [0.25, 0.3) is 0 Å². The summed E-state index contributed by atoms with van der Waals surface area (Å²) in [6, 6.07) is 23.8. The van der Waals surface area contributed by atoms with Crippen LogP contribution in [-0.2, 0) is 6.61 Å². The van der Waals surface area contributed by atoms with E-state index in [1.165, 1.54) is 0 Å². The Balaban J connectivity index is 1.57. The number of anilines is 1. The lowest BCUT2D eigenvalue weighted by atomic mass is 10.2. The average Bonchev–Trinajstić information content (AvgIpc) is 2.69. The zero-order chi connectivity index (χ0) is 19.1. The maximum Gasteiger partial charge on any atom is 0.257 e. The van der Waals surface area contributed by atoms with Crippen molar-refractivity contribution in [2.24, 2.45) is 0 Å². The lowest BCUT2D eigenvalue weighted by molar-refractivity contribution is 0.0977. The molecule has 4 nitrogen and oxygen atoms in total. The first-order valence-corrected chi connectivity index (χ1v) is 9.03. The Morgan fingerprint density at radius 2 is 1.70 bits per heavy atom. The third kappa shape index (κ3) is 5.81. The van der Waals surface area contributed by atoms with E-state index in [2.05, 4.69) is 10.6 Å². The first-order chi connectivity index (χ1) is 13.1. The van der Waals surface area contributed by atoms with Crippen LogP contribution in [0.3, 0.4) is 0 Å². The van der Waals surface area contributed by atoms with E-state index in [-0.39, 0.29) is 11.0 Å². The van der Waals surface area contributed by atoms with E-state index in [1.807, 2.05) is 36.4 Å². The summed E-state index contributed by atoms with van der Waals surface area (Å²) in [6.07, 6.45) is 0. The summed E-state index contributed by atoms with van der Waals surface area (Å²) in [7, 11) is 0. The predicted molar refractivity (Wildman–Crippen MR) is 112 cm³/mol. The molecule has 0 radical (unpaired) electrons. The van der Waals surface area contributed by atoms with Gasteiger partial charge in [-0.3, -0.25) is 10.1 Å². The second-order valence-corrected chi connectivity index (χ2v) is 6.56. The molecule has 136 valence electrons. The summed E-state index contributed by atoms with van der Waals surface area (Å²) < 4.78 is 5.75. The van der Waals surface area contributed by atoms with Crippen molar-refractivity contribution in [1.82, 2.24) is 5.32 Å². The Hall–Kier alpha value is -2.89. The van der Waals surface area contributed by atoms with Crippen LogP contribution in [0.2, 0.25) is 5.02 Å². The number of benzene rings is 3. The number of nitrogens with one attached hydrogen (secondary N) is 2. The highest BCUT2D eigenvalue weighted by atomic mass is 35.5. The first-order valence-electron chi connectivity index (χ1n) is 8.25. The van der Waals surface area contributed by atoms with Gasteiger partial charge in [-0.25, -0.2) is 0 Å². The van der Waals surface area contributed by atoms with Gasteiger partial charge in [-0.05, 0) is 60.2 Å². The molecule has 0 unspecified atom stereocenters. The molecule has 27 heavy (non-hydrogen) atoms. The molecule has 3 aromatic rings.